The normalized spacial score (nSPS) is 9.61. The molecular formula is C14H13Cl2NO. The van der Waals surface area contributed by atoms with Crippen LogP contribution >= 0.6 is 11.6 Å². The monoisotopic (exact) mass is 281 g/mol. The lowest BCUT2D eigenvalue weighted by Gasteiger charge is -1.99. The molecule has 2 rings (SSSR count). The van der Waals surface area contributed by atoms with Gasteiger partial charge in [-0.3, -0.25) is 4.79 Å². The van der Waals surface area contributed by atoms with Crippen molar-refractivity contribution >= 4 is 17.4 Å². The number of Topliss-reactive ketones (excluding diaryl/α,β-unsaturated/α-hetero) is 1. The first-order valence-corrected chi connectivity index (χ1v) is 5.86. The number of halogens is 2. The van der Waals surface area contributed by atoms with Crippen LogP contribution in [0.3, 0.4) is 0 Å². The summed E-state index contributed by atoms with van der Waals surface area (Å²) in [4.78, 5) is 11.9. The largest absolute Gasteiger partial charge is 1.00 e. The van der Waals surface area contributed by atoms with E-state index < -0.39 is 0 Å². The fourth-order valence-corrected chi connectivity index (χ4v) is 1.72. The number of hydrogen-bond acceptors (Lipinski definition) is 1. The van der Waals surface area contributed by atoms with Crippen LogP contribution in [0.4, 0.5) is 0 Å². The molecule has 2 aromatic rings. The first-order chi connectivity index (χ1) is 8.25. The number of hydrogen-bond donors (Lipinski definition) is 0. The van der Waals surface area contributed by atoms with E-state index in [-0.39, 0.29) is 18.2 Å². The maximum absolute atomic E-state index is 11.9. The first-order valence-electron chi connectivity index (χ1n) is 5.48. The molecule has 1 aromatic carbocycles. The number of aromatic nitrogens is 1. The lowest BCUT2D eigenvalue weighted by molar-refractivity contribution is -0.695. The van der Waals surface area contributed by atoms with Gasteiger partial charge in [-0.1, -0.05) is 17.7 Å². The standard InChI is InChI=1S/C14H13ClNO.ClH/c15-13-6-4-12(5-7-13)14(17)8-11-16-9-2-1-3-10-16;/h1-7,9-10H,8,11H2;1H/q+1;/p-1. The summed E-state index contributed by atoms with van der Waals surface area (Å²) < 4.78 is 1.99. The maximum Gasteiger partial charge on any atom is 0.169 e. The molecule has 18 heavy (non-hydrogen) atoms. The van der Waals surface area contributed by atoms with Gasteiger partial charge in [0.2, 0.25) is 0 Å². The Kier molecular flexibility index (Phi) is 5.83. The third-order valence-electron chi connectivity index (χ3n) is 2.54. The van der Waals surface area contributed by atoms with E-state index in [2.05, 4.69) is 0 Å². The molecule has 0 N–H and O–H groups in total. The number of carbonyl (C=O) groups is 1. The third-order valence-corrected chi connectivity index (χ3v) is 2.79. The molecule has 4 heteroatoms. The summed E-state index contributed by atoms with van der Waals surface area (Å²) in [6, 6.07) is 12.9. The smallest absolute Gasteiger partial charge is 0.169 e. The highest BCUT2D eigenvalue weighted by Gasteiger charge is 2.08. The molecule has 0 unspecified atom stereocenters. The molecule has 0 saturated carbocycles. The van der Waals surface area contributed by atoms with Gasteiger partial charge in [-0.15, -0.1) is 0 Å². The van der Waals surface area contributed by atoms with Crippen molar-refractivity contribution in [1.29, 1.82) is 0 Å². The van der Waals surface area contributed by atoms with Crippen LogP contribution in [0.2, 0.25) is 5.02 Å². The van der Waals surface area contributed by atoms with Crippen LogP contribution in [0.1, 0.15) is 16.8 Å². The van der Waals surface area contributed by atoms with Crippen molar-refractivity contribution in [2.24, 2.45) is 0 Å². The predicted octanol–water partition coefficient (Wildman–Crippen LogP) is -0.0955. The van der Waals surface area contributed by atoms with Gasteiger partial charge >= 0.3 is 0 Å². The highest BCUT2D eigenvalue weighted by atomic mass is 35.5. The van der Waals surface area contributed by atoms with E-state index in [0.717, 1.165) is 0 Å². The number of ketones is 1. The number of benzene rings is 1. The van der Waals surface area contributed by atoms with Crippen LogP contribution in [-0.2, 0) is 6.54 Å². The molecule has 0 amide bonds. The minimum absolute atomic E-state index is 0. The minimum Gasteiger partial charge on any atom is -1.00 e. The number of rotatable bonds is 4. The summed E-state index contributed by atoms with van der Waals surface area (Å²) in [5.74, 6) is 0.137. The Bertz CT molecular complexity index is 497. The molecule has 0 spiro atoms. The van der Waals surface area contributed by atoms with Crippen molar-refractivity contribution in [1.82, 2.24) is 0 Å². The molecule has 2 nitrogen and oxygen atoms in total. The predicted molar refractivity (Wildman–Crippen MR) is 67.0 cm³/mol. The second-order valence-corrected chi connectivity index (χ2v) is 4.23. The van der Waals surface area contributed by atoms with Crippen molar-refractivity contribution in [3.05, 3.63) is 65.4 Å². The quantitative estimate of drug-likeness (QED) is 0.567. The highest BCUT2D eigenvalue weighted by Crippen LogP contribution is 2.10. The summed E-state index contributed by atoms with van der Waals surface area (Å²) in [5, 5.41) is 0.652. The summed E-state index contributed by atoms with van der Waals surface area (Å²) in [6.07, 6.45) is 4.40. The summed E-state index contributed by atoms with van der Waals surface area (Å²) in [7, 11) is 0. The Balaban J connectivity index is 0.00000162. The fourth-order valence-electron chi connectivity index (χ4n) is 1.59. The molecule has 0 aliphatic rings. The first kappa shape index (κ1) is 14.7. The number of nitrogens with zero attached hydrogens (tertiary/aromatic N) is 1. The molecule has 0 radical (unpaired) electrons. The number of aryl methyl sites for hydroxylation is 1. The van der Waals surface area contributed by atoms with Crippen molar-refractivity contribution < 1.29 is 21.8 Å². The summed E-state index contributed by atoms with van der Waals surface area (Å²) in [5.41, 5.74) is 0.714. The van der Waals surface area contributed by atoms with Gasteiger partial charge in [-0.05, 0) is 24.3 Å². The number of carbonyl (C=O) groups excluding carboxylic acids is 1. The van der Waals surface area contributed by atoms with E-state index >= 15 is 0 Å². The van der Waals surface area contributed by atoms with E-state index in [4.69, 9.17) is 11.6 Å². The van der Waals surface area contributed by atoms with Crippen LogP contribution in [0, 0.1) is 0 Å². The van der Waals surface area contributed by atoms with Gasteiger partial charge in [-0.25, -0.2) is 4.57 Å². The average molecular weight is 282 g/mol. The third kappa shape index (κ3) is 4.13. The van der Waals surface area contributed by atoms with E-state index in [1.807, 2.05) is 35.2 Å². The van der Waals surface area contributed by atoms with Gasteiger partial charge in [0, 0.05) is 22.7 Å². The fraction of sp³-hybridized carbons (Fsp3) is 0.143. The molecule has 0 aliphatic heterocycles. The zero-order valence-corrected chi connectivity index (χ0v) is 11.2. The SMILES string of the molecule is O=C(CC[n+]1ccccc1)c1ccc(Cl)cc1.[Cl-]. The van der Waals surface area contributed by atoms with Gasteiger partial charge in [0.1, 0.15) is 0 Å². The van der Waals surface area contributed by atoms with Gasteiger partial charge in [0.05, 0.1) is 6.42 Å². The molecule has 0 saturated heterocycles. The molecule has 0 bridgehead atoms. The van der Waals surface area contributed by atoms with Crippen LogP contribution in [0.5, 0.6) is 0 Å². The van der Waals surface area contributed by atoms with Crippen molar-refractivity contribution in [3.63, 3.8) is 0 Å². The van der Waals surface area contributed by atoms with E-state index in [1.54, 1.807) is 24.3 Å². The Morgan fingerprint density at radius 1 is 1.06 bits per heavy atom. The molecule has 0 atom stereocenters. The zero-order valence-electron chi connectivity index (χ0n) is 9.72. The average Bonchev–Trinajstić information content (AvgIpc) is 2.38. The van der Waals surface area contributed by atoms with Crippen LogP contribution in [0.25, 0.3) is 0 Å². The zero-order chi connectivity index (χ0) is 12.1. The van der Waals surface area contributed by atoms with Crippen LogP contribution in [-0.4, -0.2) is 5.78 Å². The second kappa shape index (κ2) is 7.14. The second-order valence-electron chi connectivity index (χ2n) is 3.79. The molecule has 1 heterocycles. The summed E-state index contributed by atoms with van der Waals surface area (Å²) >= 11 is 5.77. The Morgan fingerprint density at radius 2 is 1.67 bits per heavy atom. The van der Waals surface area contributed by atoms with Crippen molar-refractivity contribution in [2.45, 2.75) is 13.0 Å². The molecule has 0 fully saturated rings. The van der Waals surface area contributed by atoms with E-state index in [1.165, 1.54) is 0 Å². The molecular weight excluding hydrogens is 269 g/mol. The Hall–Kier alpha value is -1.38. The van der Waals surface area contributed by atoms with E-state index in [0.29, 0.717) is 23.6 Å². The van der Waals surface area contributed by atoms with Crippen molar-refractivity contribution in [3.8, 4) is 0 Å². The lowest BCUT2D eigenvalue weighted by atomic mass is 10.1. The van der Waals surface area contributed by atoms with Crippen molar-refractivity contribution in [2.75, 3.05) is 0 Å². The topological polar surface area (TPSA) is 20.9 Å². The molecule has 1 aromatic heterocycles. The highest BCUT2D eigenvalue weighted by molar-refractivity contribution is 6.30. The Labute approximate surface area is 118 Å². The number of pyridine rings is 1. The lowest BCUT2D eigenvalue weighted by Crippen LogP contribution is -3.00. The maximum atomic E-state index is 11.9. The molecule has 0 aliphatic carbocycles. The summed E-state index contributed by atoms with van der Waals surface area (Å²) in [6.45, 7) is 0.697. The molecule has 94 valence electrons. The minimum atomic E-state index is 0. The van der Waals surface area contributed by atoms with Gasteiger partial charge in [0.15, 0.2) is 24.7 Å². The van der Waals surface area contributed by atoms with E-state index in [9.17, 15) is 4.79 Å². The van der Waals surface area contributed by atoms with Gasteiger partial charge in [0.25, 0.3) is 0 Å². The van der Waals surface area contributed by atoms with Gasteiger partial charge < -0.3 is 12.4 Å². The Morgan fingerprint density at radius 3 is 2.28 bits per heavy atom. The van der Waals surface area contributed by atoms with Crippen LogP contribution < -0.4 is 17.0 Å². The van der Waals surface area contributed by atoms with Gasteiger partial charge in [-0.2, -0.15) is 0 Å². The van der Waals surface area contributed by atoms with Crippen LogP contribution in [0.15, 0.2) is 54.9 Å².